The van der Waals surface area contributed by atoms with E-state index < -0.39 is 5.60 Å². The first-order valence-electron chi connectivity index (χ1n) is 11.6. The van der Waals surface area contributed by atoms with Crippen molar-refractivity contribution in [3.05, 3.63) is 29.8 Å². The van der Waals surface area contributed by atoms with Crippen LogP contribution in [-0.4, -0.2) is 69.4 Å². The van der Waals surface area contributed by atoms with Gasteiger partial charge in [0.2, 0.25) is 0 Å². The Labute approximate surface area is 193 Å². The Morgan fingerprint density at radius 1 is 1.09 bits per heavy atom. The van der Waals surface area contributed by atoms with Gasteiger partial charge in [0.05, 0.1) is 7.11 Å². The molecule has 0 aromatic heterocycles. The predicted octanol–water partition coefficient (Wildman–Crippen LogP) is 2.99. The molecule has 1 aromatic rings. The average Bonchev–Trinajstić information content (AvgIpc) is 2.76. The summed E-state index contributed by atoms with van der Waals surface area (Å²) in [4.78, 5) is 18.5. The second-order valence-corrected chi connectivity index (χ2v) is 9.23. The van der Waals surface area contributed by atoms with Gasteiger partial charge < -0.3 is 25.4 Å². The van der Waals surface area contributed by atoms with Crippen LogP contribution in [0, 0.1) is 5.92 Å². The second-order valence-electron chi connectivity index (χ2n) is 9.23. The highest BCUT2D eigenvalue weighted by atomic mass is 16.6. The van der Waals surface area contributed by atoms with E-state index >= 15 is 0 Å². The first-order valence-corrected chi connectivity index (χ1v) is 11.6. The fourth-order valence-corrected chi connectivity index (χ4v) is 3.60. The van der Waals surface area contributed by atoms with E-state index in [-0.39, 0.29) is 6.09 Å². The van der Waals surface area contributed by atoms with Crippen molar-refractivity contribution in [2.45, 2.75) is 52.2 Å². The molecule has 2 rings (SSSR count). The van der Waals surface area contributed by atoms with Gasteiger partial charge in [-0.2, -0.15) is 0 Å². The van der Waals surface area contributed by atoms with Crippen molar-refractivity contribution in [1.29, 1.82) is 0 Å². The van der Waals surface area contributed by atoms with Gasteiger partial charge in [-0.25, -0.2) is 4.79 Å². The first kappa shape index (κ1) is 25.8. The molecular weight excluding hydrogens is 406 g/mol. The lowest BCUT2D eigenvalue weighted by Gasteiger charge is -2.32. The Balaban J connectivity index is 1.57. The second kappa shape index (κ2) is 13.2. The van der Waals surface area contributed by atoms with Crippen LogP contribution in [-0.2, 0) is 11.3 Å². The lowest BCUT2D eigenvalue weighted by molar-refractivity contribution is 0.0527. The number of rotatable bonds is 9. The summed E-state index contributed by atoms with van der Waals surface area (Å²) in [5.74, 6) is 2.36. The van der Waals surface area contributed by atoms with Gasteiger partial charge in [-0.3, -0.25) is 9.89 Å². The van der Waals surface area contributed by atoms with E-state index in [0.29, 0.717) is 12.5 Å². The molecule has 1 saturated heterocycles. The Hall–Kier alpha value is -2.48. The van der Waals surface area contributed by atoms with Crippen LogP contribution in [0.15, 0.2) is 29.3 Å². The summed E-state index contributed by atoms with van der Waals surface area (Å²) in [5, 5.41) is 9.52. The van der Waals surface area contributed by atoms with Crippen molar-refractivity contribution in [2.24, 2.45) is 10.9 Å². The van der Waals surface area contributed by atoms with Gasteiger partial charge in [-0.15, -0.1) is 0 Å². The van der Waals surface area contributed by atoms with Crippen LogP contribution in [0.2, 0.25) is 0 Å². The number of carbonyl (C=O) groups is 1. The number of guanidine groups is 1. The summed E-state index contributed by atoms with van der Waals surface area (Å²) in [6.07, 6.45) is 2.78. The number of alkyl carbamates (subject to hydrolysis) is 1. The summed E-state index contributed by atoms with van der Waals surface area (Å²) < 4.78 is 10.5. The number of piperidine rings is 1. The number of methoxy groups -OCH3 is 1. The summed E-state index contributed by atoms with van der Waals surface area (Å²) in [5.41, 5.74) is 0.855. The number of nitrogens with one attached hydrogen (secondary N) is 3. The maximum atomic E-state index is 11.6. The lowest BCUT2D eigenvalue weighted by atomic mass is 9.96. The molecule has 180 valence electrons. The molecule has 3 N–H and O–H groups in total. The molecule has 1 heterocycles. The Bertz CT molecular complexity index is 707. The monoisotopic (exact) mass is 447 g/mol. The van der Waals surface area contributed by atoms with Gasteiger partial charge in [0, 0.05) is 33.2 Å². The van der Waals surface area contributed by atoms with E-state index in [0.717, 1.165) is 50.9 Å². The van der Waals surface area contributed by atoms with Crippen molar-refractivity contribution in [3.8, 4) is 5.75 Å². The molecule has 0 aliphatic carbocycles. The molecule has 1 aliphatic rings. The normalized spacial score (nSPS) is 15.8. The third kappa shape index (κ3) is 10.2. The molecule has 1 amide bonds. The highest BCUT2D eigenvalue weighted by Crippen LogP contribution is 2.19. The minimum atomic E-state index is -0.472. The molecule has 0 unspecified atom stereocenters. The van der Waals surface area contributed by atoms with Crippen LogP contribution in [0.3, 0.4) is 0 Å². The first-order chi connectivity index (χ1) is 15.3. The van der Waals surface area contributed by atoms with Crippen LogP contribution < -0.4 is 20.7 Å². The minimum absolute atomic E-state index is 0.377. The average molecular weight is 448 g/mol. The number of hydrogen-bond acceptors (Lipinski definition) is 5. The van der Waals surface area contributed by atoms with Crippen molar-refractivity contribution < 1.29 is 14.3 Å². The minimum Gasteiger partial charge on any atom is -0.497 e. The smallest absolute Gasteiger partial charge is 0.407 e. The molecule has 8 nitrogen and oxygen atoms in total. The molecule has 1 aromatic carbocycles. The number of amides is 1. The summed E-state index contributed by atoms with van der Waals surface area (Å²) in [7, 11) is 3.48. The predicted molar refractivity (Wildman–Crippen MR) is 129 cm³/mol. The highest BCUT2D eigenvalue weighted by Gasteiger charge is 2.19. The van der Waals surface area contributed by atoms with Crippen LogP contribution >= 0.6 is 0 Å². The van der Waals surface area contributed by atoms with Crippen molar-refractivity contribution in [3.63, 3.8) is 0 Å². The Morgan fingerprint density at radius 3 is 2.34 bits per heavy atom. The Morgan fingerprint density at radius 2 is 1.75 bits per heavy atom. The molecule has 8 heteroatoms. The van der Waals surface area contributed by atoms with Crippen LogP contribution in [0.4, 0.5) is 4.79 Å². The van der Waals surface area contributed by atoms with E-state index in [4.69, 9.17) is 9.47 Å². The zero-order valence-electron chi connectivity index (χ0n) is 20.4. The van der Waals surface area contributed by atoms with Gasteiger partial charge in [0.25, 0.3) is 0 Å². The molecular formula is C24H41N5O3. The van der Waals surface area contributed by atoms with Crippen LogP contribution in [0.1, 0.15) is 45.6 Å². The number of likely N-dealkylation sites (tertiary alicyclic amines) is 1. The SMILES string of the molecule is CN=C(NCCCNC(=O)OC(C)(C)C)NCC1CCN(Cc2ccc(OC)cc2)CC1. The van der Waals surface area contributed by atoms with E-state index in [1.807, 2.05) is 32.9 Å². The molecule has 32 heavy (non-hydrogen) atoms. The highest BCUT2D eigenvalue weighted by molar-refractivity contribution is 5.79. The van der Waals surface area contributed by atoms with E-state index in [1.54, 1.807) is 14.2 Å². The summed E-state index contributed by atoms with van der Waals surface area (Å²) in [6.45, 7) is 11.0. The lowest BCUT2D eigenvalue weighted by Crippen LogP contribution is -2.43. The fourth-order valence-electron chi connectivity index (χ4n) is 3.60. The number of ether oxygens (including phenoxy) is 2. The number of benzene rings is 1. The maximum absolute atomic E-state index is 11.6. The van der Waals surface area contributed by atoms with Gasteiger partial charge >= 0.3 is 6.09 Å². The van der Waals surface area contributed by atoms with Crippen molar-refractivity contribution in [2.75, 3.05) is 46.9 Å². The molecule has 0 saturated carbocycles. The van der Waals surface area contributed by atoms with Crippen LogP contribution in [0.25, 0.3) is 0 Å². The van der Waals surface area contributed by atoms with Gasteiger partial charge in [0.15, 0.2) is 5.96 Å². The molecule has 0 spiro atoms. The topological polar surface area (TPSA) is 87.2 Å². The van der Waals surface area contributed by atoms with E-state index in [2.05, 4.69) is 38.0 Å². The zero-order chi connectivity index (χ0) is 23.4. The largest absolute Gasteiger partial charge is 0.497 e. The molecule has 1 aliphatic heterocycles. The zero-order valence-corrected chi connectivity index (χ0v) is 20.4. The summed E-state index contributed by atoms with van der Waals surface area (Å²) in [6, 6.07) is 8.34. The molecule has 0 radical (unpaired) electrons. The number of carbonyl (C=O) groups excluding carboxylic acids is 1. The summed E-state index contributed by atoms with van der Waals surface area (Å²) >= 11 is 0. The van der Waals surface area contributed by atoms with E-state index in [1.165, 1.54) is 18.4 Å². The third-order valence-electron chi connectivity index (χ3n) is 5.37. The molecule has 0 atom stereocenters. The fraction of sp³-hybridized carbons (Fsp3) is 0.667. The third-order valence-corrected chi connectivity index (χ3v) is 5.37. The Kier molecular flexibility index (Phi) is 10.6. The van der Waals surface area contributed by atoms with Crippen molar-refractivity contribution in [1.82, 2.24) is 20.9 Å². The van der Waals surface area contributed by atoms with E-state index in [9.17, 15) is 4.79 Å². The van der Waals surface area contributed by atoms with Gasteiger partial charge in [-0.1, -0.05) is 12.1 Å². The van der Waals surface area contributed by atoms with Gasteiger partial charge in [-0.05, 0) is 76.7 Å². The number of nitrogens with zero attached hydrogens (tertiary/aromatic N) is 2. The van der Waals surface area contributed by atoms with Crippen LogP contribution in [0.5, 0.6) is 5.75 Å². The molecule has 1 fully saturated rings. The van der Waals surface area contributed by atoms with Gasteiger partial charge in [0.1, 0.15) is 11.4 Å². The standard InChI is InChI=1S/C24H41N5O3/c1-24(2,3)32-23(30)27-14-6-13-26-22(25-4)28-17-19-11-15-29(16-12-19)18-20-7-9-21(31-5)10-8-20/h7-10,19H,6,11-18H2,1-5H3,(H,27,30)(H2,25,26,28). The number of aliphatic imine (C=N–C) groups is 1. The van der Waals surface area contributed by atoms with Crippen molar-refractivity contribution >= 4 is 12.1 Å². The molecule has 0 bridgehead atoms. The maximum Gasteiger partial charge on any atom is 0.407 e. The quantitative estimate of drug-likeness (QED) is 0.306. The number of hydrogen-bond donors (Lipinski definition) is 3.